The molecule has 1 aliphatic carbocycles. The van der Waals surface area contributed by atoms with Gasteiger partial charge in [-0.15, -0.1) is 0 Å². The van der Waals surface area contributed by atoms with Crippen LogP contribution in [0.4, 0.5) is 24.8 Å². The second kappa shape index (κ2) is 8.49. The van der Waals surface area contributed by atoms with Crippen molar-refractivity contribution in [1.29, 1.82) is 0 Å². The number of halogens is 3. The largest absolute Gasteiger partial charge is 0.423 e. The van der Waals surface area contributed by atoms with Crippen LogP contribution in [0.2, 0.25) is 0 Å². The van der Waals surface area contributed by atoms with Crippen molar-refractivity contribution in [2.75, 3.05) is 23.4 Å². The molecule has 6 nitrogen and oxygen atoms in total. The number of anilines is 2. The molecule has 0 radical (unpaired) electrons. The smallest absolute Gasteiger partial charge is 0.356 e. The van der Waals surface area contributed by atoms with Crippen LogP contribution in [0.3, 0.4) is 0 Å². The highest BCUT2D eigenvalue weighted by molar-refractivity contribution is 5.78. The molecule has 2 aromatic rings. The average molecular weight is 419 g/mol. The maximum absolute atomic E-state index is 13.9. The lowest BCUT2D eigenvalue weighted by molar-refractivity contribution is -0.137. The number of hydrogen-bond acceptors (Lipinski definition) is 5. The lowest BCUT2D eigenvalue weighted by atomic mass is 9.89. The van der Waals surface area contributed by atoms with Gasteiger partial charge in [0.25, 0.3) is 0 Å². The third-order valence-electron chi connectivity index (χ3n) is 5.67. The summed E-state index contributed by atoms with van der Waals surface area (Å²) in [7, 11) is 0. The van der Waals surface area contributed by atoms with E-state index in [4.69, 9.17) is 0 Å². The van der Waals surface area contributed by atoms with Gasteiger partial charge >= 0.3 is 6.18 Å². The Morgan fingerprint density at radius 3 is 2.40 bits per heavy atom. The molecule has 2 aliphatic rings. The summed E-state index contributed by atoms with van der Waals surface area (Å²) in [6.07, 6.45) is 0.201. The number of rotatable bonds is 6. The number of alkyl halides is 3. The van der Waals surface area contributed by atoms with Crippen molar-refractivity contribution >= 4 is 17.5 Å². The second-order valence-corrected chi connectivity index (χ2v) is 7.91. The lowest BCUT2D eigenvalue weighted by Crippen LogP contribution is -2.36. The zero-order valence-corrected chi connectivity index (χ0v) is 16.5. The zero-order valence-electron chi connectivity index (χ0n) is 16.5. The molecule has 0 unspecified atom stereocenters. The minimum Gasteiger partial charge on any atom is -0.356 e. The molecule has 9 heteroatoms. The molecular formula is C21H24F3N5O. The second-order valence-electron chi connectivity index (χ2n) is 7.91. The number of aromatic nitrogens is 2. The standard InChI is InChI=1S/C21H24F3N5O/c22-21(23,24)18-19(28-27-17(30)12-14-6-7-14)25-13-26-20(18)29-10-8-16(9-11-29)15-4-2-1-3-5-15/h1-5,13-14,16H,6-12H2,(H,27,30)(H,25,26,28). The number of nitrogens with one attached hydrogen (secondary N) is 2. The van der Waals surface area contributed by atoms with Crippen molar-refractivity contribution in [3.05, 3.63) is 47.8 Å². The van der Waals surface area contributed by atoms with Gasteiger partial charge in [0.1, 0.15) is 17.7 Å². The molecule has 2 heterocycles. The van der Waals surface area contributed by atoms with Gasteiger partial charge in [0.2, 0.25) is 5.91 Å². The minimum atomic E-state index is -4.66. The van der Waals surface area contributed by atoms with Crippen LogP contribution in [-0.2, 0) is 11.0 Å². The minimum absolute atomic E-state index is 0.150. The number of amides is 1. The first-order valence-electron chi connectivity index (χ1n) is 10.2. The Kier molecular flexibility index (Phi) is 5.78. The van der Waals surface area contributed by atoms with Gasteiger partial charge in [-0.05, 0) is 43.1 Å². The predicted octanol–water partition coefficient (Wildman–Crippen LogP) is 4.12. The average Bonchev–Trinajstić information content (AvgIpc) is 3.56. The van der Waals surface area contributed by atoms with Gasteiger partial charge in [0.05, 0.1) is 0 Å². The fourth-order valence-corrected chi connectivity index (χ4v) is 3.89. The Morgan fingerprint density at radius 1 is 1.07 bits per heavy atom. The quantitative estimate of drug-likeness (QED) is 0.690. The molecule has 2 fully saturated rings. The molecule has 160 valence electrons. The third-order valence-corrected chi connectivity index (χ3v) is 5.67. The fourth-order valence-electron chi connectivity index (χ4n) is 3.89. The number of hydrazine groups is 1. The lowest BCUT2D eigenvalue weighted by Gasteiger charge is -2.34. The highest BCUT2D eigenvalue weighted by Crippen LogP contribution is 2.41. The van der Waals surface area contributed by atoms with E-state index in [2.05, 4.69) is 33.0 Å². The highest BCUT2D eigenvalue weighted by atomic mass is 19.4. The van der Waals surface area contributed by atoms with E-state index in [1.807, 2.05) is 18.2 Å². The van der Waals surface area contributed by atoms with E-state index in [1.54, 1.807) is 4.90 Å². The van der Waals surface area contributed by atoms with Crippen LogP contribution in [0.1, 0.15) is 49.1 Å². The number of piperidine rings is 1. The molecule has 4 rings (SSSR count). The molecule has 0 spiro atoms. The Balaban J connectivity index is 1.49. The molecule has 1 aromatic heterocycles. The summed E-state index contributed by atoms with van der Waals surface area (Å²) in [6, 6.07) is 10.0. The van der Waals surface area contributed by atoms with E-state index in [-0.39, 0.29) is 11.7 Å². The van der Waals surface area contributed by atoms with Gasteiger partial charge < -0.3 is 4.90 Å². The molecule has 0 bridgehead atoms. The summed E-state index contributed by atoms with van der Waals surface area (Å²) in [4.78, 5) is 21.2. The van der Waals surface area contributed by atoms with Crippen molar-refractivity contribution in [2.45, 2.75) is 44.2 Å². The van der Waals surface area contributed by atoms with E-state index >= 15 is 0 Å². The predicted molar refractivity (Wildman–Crippen MR) is 107 cm³/mol. The summed E-state index contributed by atoms with van der Waals surface area (Å²) in [5.41, 5.74) is 4.97. The van der Waals surface area contributed by atoms with E-state index in [0.29, 0.717) is 31.3 Å². The topological polar surface area (TPSA) is 70.1 Å². The summed E-state index contributed by atoms with van der Waals surface area (Å²) in [6.45, 7) is 0.931. The molecular weight excluding hydrogens is 395 g/mol. The number of carbonyl (C=O) groups excluding carboxylic acids is 1. The van der Waals surface area contributed by atoms with E-state index in [0.717, 1.165) is 32.0 Å². The maximum atomic E-state index is 13.9. The molecule has 1 amide bonds. The summed E-state index contributed by atoms with van der Waals surface area (Å²) in [5, 5.41) is 0. The Bertz CT molecular complexity index is 878. The first-order chi connectivity index (χ1) is 14.4. The Hall–Kier alpha value is -2.84. The molecule has 30 heavy (non-hydrogen) atoms. The van der Waals surface area contributed by atoms with Gasteiger partial charge in [-0.25, -0.2) is 9.97 Å². The van der Waals surface area contributed by atoms with Crippen LogP contribution in [0.5, 0.6) is 0 Å². The first kappa shape index (κ1) is 20.4. The highest BCUT2D eigenvalue weighted by Gasteiger charge is 2.40. The van der Waals surface area contributed by atoms with Crippen LogP contribution < -0.4 is 15.8 Å². The van der Waals surface area contributed by atoms with E-state index < -0.39 is 17.6 Å². The number of hydrogen-bond donors (Lipinski definition) is 2. The maximum Gasteiger partial charge on any atom is 0.423 e. The van der Waals surface area contributed by atoms with Crippen LogP contribution >= 0.6 is 0 Å². The van der Waals surface area contributed by atoms with Crippen molar-refractivity contribution in [3.63, 3.8) is 0 Å². The zero-order chi connectivity index (χ0) is 21.1. The molecule has 1 saturated heterocycles. The summed E-state index contributed by atoms with van der Waals surface area (Å²) < 4.78 is 41.7. The normalized spacial score (nSPS) is 17.6. The van der Waals surface area contributed by atoms with Gasteiger partial charge in [-0.3, -0.25) is 15.6 Å². The summed E-state index contributed by atoms with van der Waals surface area (Å²) >= 11 is 0. The van der Waals surface area contributed by atoms with Gasteiger partial charge in [0, 0.05) is 19.5 Å². The van der Waals surface area contributed by atoms with Crippen LogP contribution in [0.25, 0.3) is 0 Å². The van der Waals surface area contributed by atoms with Crippen molar-refractivity contribution in [3.8, 4) is 0 Å². The Labute approximate surface area is 172 Å². The van der Waals surface area contributed by atoms with Crippen molar-refractivity contribution in [2.24, 2.45) is 5.92 Å². The van der Waals surface area contributed by atoms with Crippen LogP contribution in [-0.4, -0.2) is 29.0 Å². The van der Waals surface area contributed by atoms with Gasteiger partial charge in [-0.1, -0.05) is 30.3 Å². The summed E-state index contributed by atoms with van der Waals surface area (Å²) in [5.74, 6) is -0.266. The van der Waals surface area contributed by atoms with Crippen molar-refractivity contribution in [1.82, 2.24) is 15.4 Å². The van der Waals surface area contributed by atoms with Gasteiger partial charge in [0.15, 0.2) is 5.82 Å². The number of nitrogens with zero attached hydrogens (tertiary/aromatic N) is 3. The van der Waals surface area contributed by atoms with Gasteiger partial charge in [-0.2, -0.15) is 13.2 Å². The van der Waals surface area contributed by atoms with Crippen LogP contribution in [0.15, 0.2) is 36.7 Å². The molecule has 1 aliphatic heterocycles. The SMILES string of the molecule is O=C(CC1CC1)NNc1ncnc(N2CCC(c3ccccc3)CC2)c1C(F)(F)F. The number of benzene rings is 1. The molecule has 0 atom stereocenters. The van der Waals surface area contributed by atoms with Crippen molar-refractivity contribution < 1.29 is 18.0 Å². The number of carbonyl (C=O) groups is 1. The van der Waals surface area contributed by atoms with E-state index in [1.165, 1.54) is 5.56 Å². The third kappa shape index (κ3) is 4.83. The van der Waals surface area contributed by atoms with Crippen LogP contribution in [0, 0.1) is 5.92 Å². The monoisotopic (exact) mass is 419 g/mol. The Morgan fingerprint density at radius 2 is 1.77 bits per heavy atom. The van der Waals surface area contributed by atoms with E-state index in [9.17, 15) is 18.0 Å². The first-order valence-corrected chi connectivity index (χ1v) is 10.2. The fraction of sp³-hybridized carbons (Fsp3) is 0.476. The molecule has 2 N–H and O–H groups in total. The molecule has 1 aromatic carbocycles. The molecule has 1 saturated carbocycles.